The van der Waals surface area contributed by atoms with Crippen LogP contribution < -0.4 is 5.32 Å². The molecule has 0 saturated carbocycles. The van der Waals surface area contributed by atoms with Crippen molar-refractivity contribution < 1.29 is 27.4 Å². The minimum atomic E-state index is -4.33. The quantitative estimate of drug-likeness (QED) is 0.733. The Hall–Kier alpha value is -0.820. The summed E-state index contributed by atoms with van der Waals surface area (Å²) in [7, 11) is 0. The van der Waals surface area contributed by atoms with Crippen molar-refractivity contribution in [2.75, 3.05) is 26.4 Å². The molecular formula is C10H18F3NO3. The maximum atomic E-state index is 11.7. The van der Waals surface area contributed by atoms with Crippen LogP contribution in [0.15, 0.2) is 0 Å². The fourth-order valence-electron chi connectivity index (χ4n) is 0.784. The summed E-state index contributed by atoms with van der Waals surface area (Å²) in [6.45, 7) is 3.82. The van der Waals surface area contributed by atoms with Crippen molar-refractivity contribution in [3.63, 3.8) is 0 Å². The number of carbonyl (C=O) groups excluding carboxylic acids is 1. The summed E-state index contributed by atoms with van der Waals surface area (Å²) < 4.78 is 44.5. The van der Waals surface area contributed by atoms with E-state index in [9.17, 15) is 18.0 Å². The molecule has 0 unspecified atom stereocenters. The molecular weight excluding hydrogens is 239 g/mol. The number of rotatable bonds is 6. The smallest absolute Gasteiger partial charge is 0.370 e. The fourth-order valence-corrected chi connectivity index (χ4v) is 0.784. The van der Waals surface area contributed by atoms with Crippen LogP contribution in [0, 0.1) is 0 Å². The summed E-state index contributed by atoms with van der Waals surface area (Å²) >= 11 is 0. The third-order valence-corrected chi connectivity index (χ3v) is 1.47. The van der Waals surface area contributed by atoms with E-state index in [1.807, 2.05) is 0 Å². The molecule has 0 aliphatic heterocycles. The van der Waals surface area contributed by atoms with Gasteiger partial charge in [0, 0.05) is 6.54 Å². The molecule has 0 radical (unpaired) electrons. The van der Waals surface area contributed by atoms with Crippen LogP contribution in [0.5, 0.6) is 0 Å². The lowest BCUT2D eigenvalue weighted by molar-refractivity contribution is -0.173. The van der Waals surface area contributed by atoms with Crippen LogP contribution in [0.3, 0.4) is 0 Å². The van der Waals surface area contributed by atoms with E-state index < -0.39 is 18.4 Å². The van der Waals surface area contributed by atoms with Gasteiger partial charge in [-0.2, -0.15) is 13.2 Å². The Morgan fingerprint density at radius 1 is 1.24 bits per heavy atom. The van der Waals surface area contributed by atoms with Crippen LogP contribution in [0.4, 0.5) is 13.2 Å². The van der Waals surface area contributed by atoms with Gasteiger partial charge in [0.05, 0.1) is 12.2 Å². The Balaban J connectivity index is 3.47. The fraction of sp³-hybridized carbons (Fsp3) is 0.900. The van der Waals surface area contributed by atoms with Crippen molar-refractivity contribution in [3.8, 4) is 0 Å². The molecule has 7 heteroatoms. The van der Waals surface area contributed by atoms with E-state index in [-0.39, 0.29) is 25.7 Å². The van der Waals surface area contributed by atoms with Crippen LogP contribution in [0.1, 0.15) is 20.8 Å². The normalized spacial score (nSPS) is 12.6. The van der Waals surface area contributed by atoms with Crippen LogP contribution >= 0.6 is 0 Å². The zero-order chi connectivity index (χ0) is 13.5. The number of alkyl halides is 3. The van der Waals surface area contributed by atoms with Crippen molar-refractivity contribution in [2.24, 2.45) is 0 Å². The van der Waals surface area contributed by atoms with E-state index in [1.54, 1.807) is 20.8 Å². The average molecular weight is 257 g/mol. The summed E-state index contributed by atoms with van der Waals surface area (Å²) in [5, 5.41) is 2.39. The van der Waals surface area contributed by atoms with Crippen LogP contribution in [-0.2, 0) is 14.3 Å². The first-order valence-corrected chi connectivity index (χ1v) is 5.15. The Morgan fingerprint density at radius 2 is 1.82 bits per heavy atom. The van der Waals surface area contributed by atoms with E-state index in [0.29, 0.717) is 0 Å². The average Bonchev–Trinajstić information content (AvgIpc) is 2.11. The molecule has 0 bridgehead atoms. The summed E-state index contributed by atoms with van der Waals surface area (Å²) in [6, 6.07) is 0. The van der Waals surface area contributed by atoms with Crippen molar-refractivity contribution >= 4 is 5.91 Å². The number of halogens is 3. The Bertz CT molecular complexity index is 236. The van der Waals surface area contributed by atoms with Crippen LogP contribution in [0.2, 0.25) is 0 Å². The van der Waals surface area contributed by atoms with E-state index >= 15 is 0 Å². The van der Waals surface area contributed by atoms with E-state index in [0.717, 1.165) is 0 Å². The molecule has 1 N–H and O–H groups in total. The summed E-state index contributed by atoms with van der Waals surface area (Å²) in [4.78, 5) is 11.1. The molecule has 17 heavy (non-hydrogen) atoms. The van der Waals surface area contributed by atoms with Gasteiger partial charge < -0.3 is 14.8 Å². The zero-order valence-electron chi connectivity index (χ0n) is 10.2. The van der Waals surface area contributed by atoms with Crippen molar-refractivity contribution in [1.29, 1.82) is 0 Å². The highest BCUT2D eigenvalue weighted by molar-refractivity contribution is 5.77. The molecule has 0 aromatic rings. The number of hydrogen-bond acceptors (Lipinski definition) is 3. The molecule has 0 aliphatic carbocycles. The maximum Gasteiger partial charge on any atom is 0.411 e. The second kappa shape index (κ2) is 6.80. The van der Waals surface area contributed by atoms with Gasteiger partial charge in [-0.15, -0.1) is 0 Å². The van der Waals surface area contributed by atoms with E-state index in [2.05, 4.69) is 10.1 Å². The lowest BCUT2D eigenvalue weighted by atomic mass is 10.2. The van der Waals surface area contributed by atoms with Gasteiger partial charge in [-0.3, -0.25) is 4.79 Å². The number of amides is 1. The molecule has 0 rings (SSSR count). The van der Waals surface area contributed by atoms with Gasteiger partial charge in [-0.05, 0) is 20.8 Å². The predicted molar refractivity (Wildman–Crippen MR) is 55.6 cm³/mol. The summed E-state index contributed by atoms with van der Waals surface area (Å²) in [5.41, 5.74) is -0.426. The second-order valence-corrected chi connectivity index (χ2v) is 4.42. The minimum Gasteiger partial charge on any atom is -0.370 e. The van der Waals surface area contributed by atoms with E-state index in [1.165, 1.54) is 0 Å². The van der Waals surface area contributed by atoms with Gasteiger partial charge in [0.25, 0.3) is 0 Å². The largest absolute Gasteiger partial charge is 0.411 e. The van der Waals surface area contributed by atoms with Gasteiger partial charge in [0.2, 0.25) is 5.91 Å². The Kier molecular flexibility index (Phi) is 6.48. The molecule has 0 aliphatic rings. The topological polar surface area (TPSA) is 47.6 Å². The highest BCUT2D eigenvalue weighted by Crippen LogP contribution is 2.13. The molecule has 0 atom stereocenters. The molecule has 0 spiro atoms. The number of hydrogen-bond donors (Lipinski definition) is 1. The number of carbonyl (C=O) groups is 1. The predicted octanol–water partition coefficient (Wildman–Crippen LogP) is 1.50. The van der Waals surface area contributed by atoms with Crippen molar-refractivity contribution in [1.82, 2.24) is 5.32 Å². The Morgan fingerprint density at radius 3 is 2.29 bits per heavy atom. The molecule has 0 heterocycles. The van der Waals surface area contributed by atoms with Crippen LogP contribution in [0.25, 0.3) is 0 Å². The lowest BCUT2D eigenvalue weighted by Gasteiger charge is -2.18. The SMILES string of the molecule is CC(C)(C)OCC(=O)NCCOCC(F)(F)F. The van der Waals surface area contributed by atoms with Gasteiger partial charge in [-0.1, -0.05) is 0 Å². The first kappa shape index (κ1) is 16.2. The zero-order valence-corrected chi connectivity index (χ0v) is 10.2. The van der Waals surface area contributed by atoms with Gasteiger partial charge in [-0.25, -0.2) is 0 Å². The van der Waals surface area contributed by atoms with Crippen molar-refractivity contribution in [3.05, 3.63) is 0 Å². The standard InChI is InChI=1S/C10H18F3NO3/c1-9(2,3)17-6-8(15)14-4-5-16-7-10(11,12)13/h4-7H2,1-3H3,(H,14,15). The van der Waals surface area contributed by atoms with Gasteiger partial charge >= 0.3 is 6.18 Å². The molecule has 0 saturated heterocycles. The minimum absolute atomic E-state index is 0.0302. The first-order valence-electron chi connectivity index (χ1n) is 5.15. The van der Waals surface area contributed by atoms with Gasteiger partial charge in [0.15, 0.2) is 0 Å². The van der Waals surface area contributed by atoms with E-state index in [4.69, 9.17) is 4.74 Å². The summed E-state index contributed by atoms with van der Waals surface area (Å²) in [6.07, 6.45) is -4.33. The highest BCUT2D eigenvalue weighted by atomic mass is 19.4. The highest BCUT2D eigenvalue weighted by Gasteiger charge is 2.27. The van der Waals surface area contributed by atoms with Crippen LogP contribution in [-0.4, -0.2) is 44.0 Å². The second-order valence-electron chi connectivity index (χ2n) is 4.42. The molecule has 0 aromatic carbocycles. The monoisotopic (exact) mass is 257 g/mol. The molecule has 0 aromatic heterocycles. The molecule has 4 nitrogen and oxygen atoms in total. The third-order valence-electron chi connectivity index (χ3n) is 1.47. The molecule has 0 fully saturated rings. The molecule has 102 valence electrons. The lowest BCUT2D eigenvalue weighted by Crippen LogP contribution is -2.34. The third kappa shape index (κ3) is 13.1. The van der Waals surface area contributed by atoms with Crippen molar-refractivity contribution in [2.45, 2.75) is 32.5 Å². The number of nitrogens with one attached hydrogen (secondary N) is 1. The summed E-state index contributed by atoms with van der Waals surface area (Å²) in [5.74, 6) is -0.379. The first-order chi connectivity index (χ1) is 7.60. The molecule has 1 amide bonds. The van der Waals surface area contributed by atoms with Gasteiger partial charge in [0.1, 0.15) is 13.2 Å². The number of ether oxygens (including phenoxy) is 2. The Labute approximate surface area is 98.5 Å². The maximum absolute atomic E-state index is 11.7.